The molecule has 3 heteroatoms. The second-order valence-electron chi connectivity index (χ2n) is 2.87. The molecule has 0 spiro atoms. The monoisotopic (exact) mass is 174 g/mol. The summed E-state index contributed by atoms with van der Waals surface area (Å²) >= 11 is 0. The van der Waals surface area contributed by atoms with Crippen LogP contribution in [-0.2, 0) is 0 Å². The van der Waals surface area contributed by atoms with Gasteiger partial charge in [0, 0.05) is 5.56 Å². The zero-order valence-electron chi connectivity index (χ0n) is 7.32. The van der Waals surface area contributed by atoms with Gasteiger partial charge in [0.05, 0.1) is 0 Å². The number of nitrogens with two attached hydrogens (primary N) is 1. The van der Waals surface area contributed by atoms with Crippen molar-refractivity contribution in [3.05, 3.63) is 36.1 Å². The van der Waals surface area contributed by atoms with Crippen LogP contribution in [0.2, 0.25) is 0 Å². The molecule has 13 heavy (non-hydrogen) atoms. The summed E-state index contributed by atoms with van der Waals surface area (Å²) in [6.45, 7) is 1.80. The van der Waals surface area contributed by atoms with Crippen LogP contribution in [0.25, 0.3) is 11.3 Å². The first kappa shape index (κ1) is 7.86. The molecule has 0 radical (unpaired) electrons. The van der Waals surface area contributed by atoms with Gasteiger partial charge in [-0.25, -0.2) is 0 Å². The Morgan fingerprint density at radius 2 is 1.92 bits per heavy atom. The Balaban J connectivity index is 2.53. The van der Waals surface area contributed by atoms with Gasteiger partial charge in [-0.2, -0.15) is 0 Å². The Morgan fingerprint density at radius 3 is 2.46 bits per heavy atom. The minimum Gasteiger partial charge on any atom is -0.394 e. The summed E-state index contributed by atoms with van der Waals surface area (Å²) < 4.78 is 4.97. The van der Waals surface area contributed by atoms with E-state index in [9.17, 15) is 0 Å². The predicted molar refractivity (Wildman–Crippen MR) is 51.1 cm³/mol. The first-order valence-corrected chi connectivity index (χ1v) is 4.06. The number of nitrogens with zero attached hydrogens (tertiary/aromatic N) is 1. The van der Waals surface area contributed by atoms with E-state index in [1.807, 2.05) is 30.3 Å². The van der Waals surface area contributed by atoms with Crippen molar-refractivity contribution in [1.82, 2.24) is 5.16 Å². The fourth-order valence-electron chi connectivity index (χ4n) is 1.18. The van der Waals surface area contributed by atoms with Crippen molar-refractivity contribution < 1.29 is 4.52 Å². The van der Waals surface area contributed by atoms with Gasteiger partial charge in [-0.05, 0) is 6.92 Å². The minimum absolute atomic E-state index is 0.617. The number of hydrogen-bond acceptors (Lipinski definition) is 3. The molecule has 2 aromatic rings. The van der Waals surface area contributed by atoms with E-state index in [4.69, 9.17) is 10.3 Å². The van der Waals surface area contributed by atoms with Crippen LogP contribution >= 0.6 is 0 Å². The van der Waals surface area contributed by atoms with Crippen LogP contribution in [0.1, 0.15) is 5.76 Å². The lowest BCUT2D eigenvalue weighted by Gasteiger charge is -1.95. The maximum Gasteiger partial charge on any atom is 0.157 e. The van der Waals surface area contributed by atoms with E-state index < -0.39 is 0 Å². The lowest BCUT2D eigenvalue weighted by molar-refractivity contribution is 0.400. The molecule has 0 amide bonds. The number of nitrogen functional groups attached to an aromatic ring is 1. The Hall–Kier alpha value is -1.77. The molecule has 3 nitrogen and oxygen atoms in total. The van der Waals surface area contributed by atoms with E-state index in [-0.39, 0.29) is 0 Å². The van der Waals surface area contributed by atoms with Crippen molar-refractivity contribution >= 4 is 5.69 Å². The summed E-state index contributed by atoms with van der Waals surface area (Å²) in [5.74, 6) is 0.666. The van der Waals surface area contributed by atoms with Gasteiger partial charge in [-0.15, -0.1) is 0 Å². The summed E-state index contributed by atoms with van der Waals surface area (Å²) in [7, 11) is 0. The van der Waals surface area contributed by atoms with Crippen LogP contribution in [0, 0.1) is 6.92 Å². The van der Waals surface area contributed by atoms with Gasteiger partial charge in [0.15, 0.2) is 5.76 Å². The van der Waals surface area contributed by atoms with Gasteiger partial charge >= 0.3 is 0 Å². The quantitative estimate of drug-likeness (QED) is 0.721. The Morgan fingerprint density at radius 1 is 1.23 bits per heavy atom. The third-order valence-electron chi connectivity index (χ3n) is 1.96. The fraction of sp³-hybridized carbons (Fsp3) is 0.100. The van der Waals surface area contributed by atoms with Crippen molar-refractivity contribution in [2.75, 3.05) is 5.73 Å². The van der Waals surface area contributed by atoms with Crippen LogP contribution < -0.4 is 5.73 Å². The average molecular weight is 174 g/mol. The molecule has 0 fully saturated rings. The van der Waals surface area contributed by atoms with Gasteiger partial charge in [-0.3, -0.25) is 0 Å². The summed E-state index contributed by atoms with van der Waals surface area (Å²) in [6, 6.07) is 9.74. The molecule has 0 aliphatic heterocycles. The smallest absolute Gasteiger partial charge is 0.157 e. The molecule has 1 heterocycles. The molecule has 1 aromatic heterocycles. The van der Waals surface area contributed by atoms with Gasteiger partial charge < -0.3 is 10.3 Å². The van der Waals surface area contributed by atoms with Gasteiger partial charge in [0.2, 0.25) is 0 Å². The van der Waals surface area contributed by atoms with Crippen LogP contribution in [0.15, 0.2) is 34.9 Å². The third kappa shape index (κ3) is 1.28. The molecule has 0 atom stereocenters. The number of aryl methyl sites for hydroxylation is 1. The molecule has 0 aliphatic carbocycles. The van der Waals surface area contributed by atoms with E-state index in [0.29, 0.717) is 11.4 Å². The highest BCUT2D eigenvalue weighted by atomic mass is 16.5. The molecule has 66 valence electrons. The summed E-state index contributed by atoms with van der Waals surface area (Å²) in [4.78, 5) is 0. The third-order valence-corrected chi connectivity index (χ3v) is 1.96. The van der Waals surface area contributed by atoms with Gasteiger partial charge in [-0.1, -0.05) is 35.5 Å². The molecule has 0 unspecified atom stereocenters. The molecule has 2 N–H and O–H groups in total. The highest BCUT2D eigenvalue weighted by Crippen LogP contribution is 2.26. The summed E-state index contributed by atoms with van der Waals surface area (Å²) in [6.07, 6.45) is 0. The van der Waals surface area contributed by atoms with Gasteiger partial charge in [0.25, 0.3) is 0 Å². The Labute approximate surface area is 76.2 Å². The molecule has 0 saturated carbocycles. The summed E-state index contributed by atoms with van der Waals surface area (Å²) in [5.41, 5.74) is 8.10. The maximum atomic E-state index is 5.78. The number of hydrogen-bond donors (Lipinski definition) is 1. The van der Waals surface area contributed by atoms with Crippen molar-refractivity contribution in [2.24, 2.45) is 0 Å². The second kappa shape index (κ2) is 2.94. The highest BCUT2D eigenvalue weighted by Gasteiger charge is 2.09. The van der Waals surface area contributed by atoms with Crippen LogP contribution in [0.5, 0.6) is 0 Å². The second-order valence-corrected chi connectivity index (χ2v) is 2.87. The molecular weight excluding hydrogens is 164 g/mol. The lowest BCUT2D eigenvalue weighted by atomic mass is 10.1. The fourth-order valence-corrected chi connectivity index (χ4v) is 1.18. The normalized spacial score (nSPS) is 10.2. The highest BCUT2D eigenvalue weighted by molar-refractivity contribution is 5.72. The average Bonchev–Trinajstić information content (AvgIpc) is 2.49. The standard InChI is InChI=1S/C10H10N2O/c1-7-9(11)10(12-13-7)8-5-3-2-4-6-8/h2-6H,11H2,1H3. The zero-order chi connectivity index (χ0) is 9.26. The molecule has 2 rings (SSSR count). The van der Waals surface area contributed by atoms with Crippen molar-refractivity contribution in [1.29, 1.82) is 0 Å². The predicted octanol–water partition coefficient (Wildman–Crippen LogP) is 2.23. The van der Waals surface area contributed by atoms with E-state index in [2.05, 4.69) is 5.16 Å². The van der Waals surface area contributed by atoms with Gasteiger partial charge in [0.1, 0.15) is 11.4 Å². The molecule has 0 aliphatic rings. The largest absolute Gasteiger partial charge is 0.394 e. The zero-order valence-corrected chi connectivity index (χ0v) is 7.32. The molecule has 0 bridgehead atoms. The number of rotatable bonds is 1. The van der Waals surface area contributed by atoms with Crippen molar-refractivity contribution in [3.63, 3.8) is 0 Å². The SMILES string of the molecule is Cc1onc(-c2ccccc2)c1N. The van der Waals surface area contributed by atoms with Crippen molar-refractivity contribution in [2.45, 2.75) is 6.92 Å². The van der Waals surface area contributed by atoms with E-state index in [1.165, 1.54) is 0 Å². The number of anilines is 1. The molecule has 0 saturated heterocycles. The summed E-state index contributed by atoms with van der Waals surface area (Å²) in [5, 5.41) is 3.89. The topological polar surface area (TPSA) is 52.0 Å². The van der Waals surface area contributed by atoms with Crippen LogP contribution in [-0.4, -0.2) is 5.16 Å². The van der Waals surface area contributed by atoms with E-state index >= 15 is 0 Å². The number of aromatic nitrogens is 1. The number of benzene rings is 1. The molecular formula is C10H10N2O. The first-order valence-electron chi connectivity index (χ1n) is 4.06. The first-order chi connectivity index (χ1) is 6.29. The lowest BCUT2D eigenvalue weighted by Crippen LogP contribution is -1.87. The maximum absolute atomic E-state index is 5.78. The van der Waals surface area contributed by atoms with Crippen molar-refractivity contribution in [3.8, 4) is 11.3 Å². The van der Waals surface area contributed by atoms with E-state index in [0.717, 1.165) is 11.3 Å². The minimum atomic E-state index is 0.617. The van der Waals surface area contributed by atoms with E-state index in [1.54, 1.807) is 6.92 Å². The van der Waals surface area contributed by atoms with Crippen LogP contribution in [0.3, 0.4) is 0 Å². The Bertz CT molecular complexity index is 406. The van der Waals surface area contributed by atoms with Crippen LogP contribution in [0.4, 0.5) is 5.69 Å². The molecule has 1 aromatic carbocycles. The Kier molecular flexibility index (Phi) is 1.77.